The fourth-order valence-corrected chi connectivity index (χ4v) is 2.53. The molecule has 134 valence electrons. The van der Waals surface area contributed by atoms with E-state index >= 15 is 0 Å². The number of hydrogen-bond donors (Lipinski definition) is 1. The van der Waals surface area contributed by atoms with Gasteiger partial charge >= 0.3 is 12.1 Å². The van der Waals surface area contributed by atoms with E-state index in [1.54, 1.807) is 0 Å². The molecule has 0 radical (unpaired) electrons. The van der Waals surface area contributed by atoms with Crippen molar-refractivity contribution >= 4 is 24.3 Å². The summed E-state index contributed by atoms with van der Waals surface area (Å²) in [6.45, 7) is -1.35. The summed E-state index contributed by atoms with van der Waals surface area (Å²) in [5.74, 6) is -7.30. The number of nitrogens with zero attached hydrogens (tertiary/aromatic N) is 1. The van der Waals surface area contributed by atoms with E-state index in [1.165, 1.54) is 19.2 Å². The highest BCUT2D eigenvalue weighted by atomic mass is 35.5. The van der Waals surface area contributed by atoms with Gasteiger partial charge < -0.3 is 14.7 Å². The van der Waals surface area contributed by atoms with Crippen molar-refractivity contribution in [2.24, 2.45) is 11.8 Å². The maximum absolute atomic E-state index is 13.6. The highest BCUT2D eigenvalue weighted by Gasteiger charge is 2.53. The number of methoxy groups -OCH3 is 1. The van der Waals surface area contributed by atoms with Gasteiger partial charge in [-0.15, -0.1) is 12.4 Å². The van der Waals surface area contributed by atoms with Gasteiger partial charge in [0.25, 0.3) is 5.91 Å². The third kappa shape index (κ3) is 3.89. The van der Waals surface area contributed by atoms with E-state index in [0.717, 1.165) is 11.0 Å². The Morgan fingerprint density at radius 3 is 2.33 bits per heavy atom. The minimum Gasteiger partial charge on any atom is -0.494 e. The van der Waals surface area contributed by atoms with Crippen molar-refractivity contribution in [2.75, 3.05) is 20.2 Å². The van der Waals surface area contributed by atoms with Crippen molar-refractivity contribution in [2.45, 2.75) is 6.18 Å². The zero-order valence-corrected chi connectivity index (χ0v) is 13.2. The first-order valence-corrected chi connectivity index (χ1v) is 6.57. The Labute approximate surface area is 140 Å². The maximum atomic E-state index is 13.6. The molecule has 1 N–H and O–H groups in total. The van der Waals surface area contributed by atoms with Crippen molar-refractivity contribution < 1.29 is 37.0 Å². The van der Waals surface area contributed by atoms with Gasteiger partial charge in [0.15, 0.2) is 11.6 Å². The van der Waals surface area contributed by atoms with Crippen molar-refractivity contribution in [1.29, 1.82) is 0 Å². The zero-order valence-electron chi connectivity index (χ0n) is 12.3. The van der Waals surface area contributed by atoms with Crippen LogP contribution in [0.5, 0.6) is 5.75 Å². The van der Waals surface area contributed by atoms with E-state index < -0.39 is 48.8 Å². The van der Waals surface area contributed by atoms with Crippen molar-refractivity contribution in [3.63, 3.8) is 0 Å². The van der Waals surface area contributed by atoms with Gasteiger partial charge in [-0.2, -0.15) is 13.2 Å². The number of amides is 1. The van der Waals surface area contributed by atoms with Gasteiger partial charge in [-0.05, 0) is 18.2 Å². The Hall–Kier alpha value is -2.03. The predicted molar refractivity (Wildman–Crippen MR) is 76.8 cm³/mol. The average Bonchev–Trinajstić information content (AvgIpc) is 2.92. The molecule has 1 heterocycles. The van der Waals surface area contributed by atoms with E-state index in [9.17, 15) is 27.2 Å². The summed E-state index contributed by atoms with van der Waals surface area (Å²) < 4.78 is 57.0. The van der Waals surface area contributed by atoms with Gasteiger partial charge in [-0.1, -0.05) is 0 Å². The minimum absolute atomic E-state index is 0. The van der Waals surface area contributed by atoms with E-state index in [2.05, 4.69) is 4.74 Å². The summed E-state index contributed by atoms with van der Waals surface area (Å²) in [5, 5.41) is 8.92. The second kappa shape index (κ2) is 7.25. The molecule has 0 saturated carbocycles. The lowest BCUT2D eigenvalue weighted by Crippen LogP contribution is -2.34. The number of hydrogen-bond acceptors (Lipinski definition) is 3. The summed E-state index contributed by atoms with van der Waals surface area (Å²) in [6, 6.07) is 3.23. The molecule has 1 amide bonds. The molecular formula is C14H14ClF4NO4. The van der Waals surface area contributed by atoms with Crippen LogP contribution in [0.2, 0.25) is 0 Å². The number of halogens is 5. The Morgan fingerprint density at radius 1 is 1.29 bits per heavy atom. The second-order valence-corrected chi connectivity index (χ2v) is 5.15. The molecule has 1 aromatic carbocycles. The summed E-state index contributed by atoms with van der Waals surface area (Å²) in [4.78, 5) is 24.0. The van der Waals surface area contributed by atoms with Crippen LogP contribution in [0, 0.1) is 17.7 Å². The summed E-state index contributed by atoms with van der Waals surface area (Å²) in [7, 11) is 1.23. The molecule has 2 atom stereocenters. The van der Waals surface area contributed by atoms with Crippen LogP contribution in [-0.2, 0) is 4.79 Å². The van der Waals surface area contributed by atoms with Gasteiger partial charge in [0.05, 0.1) is 18.9 Å². The predicted octanol–water partition coefficient (Wildman–Crippen LogP) is 2.59. The molecule has 5 nitrogen and oxygen atoms in total. The molecule has 0 aromatic heterocycles. The molecule has 1 fully saturated rings. The van der Waals surface area contributed by atoms with Crippen LogP contribution in [-0.4, -0.2) is 48.3 Å². The highest BCUT2D eigenvalue weighted by molar-refractivity contribution is 5.95. The van der Waals surface area contributed by atoms with Crippen molar-refractivity contribution in [1.82, 2.24) is 4.90 Å². The Bertz CT molecular complexity index is 638. The zero-order chi connectivity index (χ0) is 17.4. The van der Waals surface area contributed by atoms with Crippen LogP contribution in [0.4, 0.5) is 17.6 Å². The Balaban J connectivity index is 0.00000288. The molecule has 0 unspecified atom stereocenters. The molecule has 1 aliphatic rings. The minimum atomic E-state index is -4.73. The quantitative estimate of drug-likeness (QED) is 0.829. The molecule has 24 heavy (non-hydrogen) atoms. The lowest BCUT2D eigenvalue weighted by Gasteiger charge is -2.18. The molecule has 0 aliphatic carbocycles. The van der Waals surface area contributed by atoms with E-state index in [4.69, 9.17) is 5.11 Å². The summed E-state index contributed by atoms with van der Waals surface area (Å²) in [5.41, 5.74) is -0.171. The van der Waals surface area contributed by atoms with Crippen LogP contribution in [0.3, 0.4) is 0 Å². The number of carboxylic acid groups (broad SMARTS) is 1. The SMILES string of the molecule is COc1ccc(C(=O)N2C[C@@H](C(F)(F)F)[C@H](C(=O)O)C2)cc1F.Cl. The molecule has 1 aromatic rings. The standard InChI is InChI=1S/C14H13F4NO4.ClH/c1-23-11-3-2-7(4-10(11)15)12(20)19-5-8(13(21)22)9(6-19)14(16,17)18;/h2-4,8-9H,5-6H2,1H3,(H,21,22);1H/t8-,9-;/m1./s1. The van der Waals surface area contributed by atoms with E-state index in [-0.39, 0.29) is 23.7 Å². The first-order chi connectivity index (χ1) is 10.6. The summed E-state index contributed by atoms with van der Waals surface area (Å²) in [6.07, 6.45) is -4.73. The van der Waals surface area contributed by atoms with Crippen molar-refractivity contribution in [3.8, 4) is 5.75 Å². The number of likely N-dealkylation sites (tertiary alicyclic amines) is 1. The third-order valence-corrected chi connectivity index (χ3v) is 3.74. The summed E-state index contributed by atoms with van der Waals surface area (Å²) >= 11 is 0. The highest BCUT2D eigenvalue weighted by Crippen LogP contribution is 2.38. The molecule has 1 saturated heterocycles. The maximum Gasteiger partial charge on any atom is 0.394 e. The number of benzene rings is 1. The van der Waals surface area contributed by atoms with Gasteiger partial charge in [-0.3, -0.25) is 9.59 Å². The third-order valence-electron chi connectivity index (χ3n) is 3.74. The normalized spacial score (nSPS) is 20.5. The number of carbonyl (C=O) groups is 2. The number of carbonyl (C=O) groups excluding carboxylic acids is 1. The van der Waals surface area contributed by atoms with Crippen LogP contribution < -0.4 is 4.74 Å². The number of ether oxygens (including phenoxy) is 1. The number of alkyl halides is 3. The molecule has 0 spiro atoms. The van der Waals surface area contributed by atoms with Gasteiger partial charge in [-0.25, -0.2) is 4.39 Å². The Morgan fingerprint density at radius 2 is 1.92 bits per heavy atom. The molecule has 2 rings (SSSR count). The van der Waals surface area contributed by atoms with Gasteiger partial charge in [0.2, 0.25) is 0 Å². The lowest BCUT2D eigenvalue weighted by atomic mass is 9.96. The van der Waals surface area contributed by atoms with Gasteiger partial charge in [0.1, 0.15) is 0 Å². The van der Waals surface area contributed by atoms with Crippen LogP contribution in [0.15, 0.2) is 18.2 Å². The number of aliphatic carboxylic acids is 1. The van der Waals surface area contributed by atoms with E-state index in [0.29, 0.717) is 0 Å². The van der Waals surface area contributed by atoms with Gasteiger partial charge in [0, 0.05) is 18.7 Å². The fourth-order valence-electron chi connectivity index (χ4n) is 2.53. The van der Waals surface area contributed by atoms with Crippen molar-refractivity contribution in [3.05, 3.63) is 29.6 Å². The first kappa shape index (κ1) is 20.0. The lowest BCUT2D eigenvalue weighted by molar-refractivity contribution is -0.187. The van der Waals surface area contributed by atoms with Crippen LogP contribution >= 0.6 is 12.4 Å². The molecule has 0 bridgehead atoms. The number of rotatable bonds is 3. The fraction of sp³-hybridized carbons (Fsp3) is 0.429. The van der Waals surface area contributed by atoms with Crippen LogP contribution in [0.25, 0.3) is 0 Å². The number of carboxylic acids is 1. The smallest absolute Gasteiger partial charge is 0.394 e. The monoisotopic (exact) mass is 371 g/mol. The Kier molecular flexibility index (Phi) is 6.04. The second-order valence-electron chi connectivity index (χ2n) is 5.15. The molecule has 1 aliphatic heterocycles. The molecular weight excluding hydrogens is 358 g/mol. The average molecular weight is 372 g/mol. The van der Waals surface area contributed by atoms with Crippen LogP contribution in [0.1, 0.15) is 10.4 Å². The topological polar surface area (TPSA) is 66.8 Å². The molecule has 10 heteroatoms. The first-order valence-electron chi connectivity index (χ1n) is 6.57. The largest absolute Gasteiger partial charge is 0.494 e. The van der Waals surface area contributed by atoms with E-state index in [1.807, 2.05) is 0 Å².